The zero-order chi connectivity index (χ0) is 15.4. The number of rotatable bonds is 3. The molecular formula is C14H10Cl2N2O3. The third-order valence-electron chi connectivity index (χ3n) is 2.53. The molecule has 108 valence electrons. The monoisotopic (exact) mass is 324 g/mol. The van der Waals surface area contributed by atoms with Gasteiger partial charge in [-0.3, -0.25) is 0 Å². The average Bonchev–Trinajstić information content (AvgIpc) is 2.37. The lowest BCUT2D eigenvalue weighted by Gasteiger charge is -2.10. The summed E-state index contributed by atoms with van der Waals surface area (Å²) in [4.78, 5) is 22.9. The molecule has 2 rings (SSSR count). The van der Waals surface area contributed by atoms with Crippen LogP contribution in [0.4, 0.5) is 16.2 Å². The van der Waals surface area contributed by atoms with Gasteiger partial charge in [0, 0.05) is 15.7 Å². The molecule has 0 aliphatic carbocycles. The molecule has 0 spiro atoms. The van der Waals surface area contributed by atoms with Crippen molar-refractivity contribution >= 4 is 46.6 Å². The first kappa shape index (κ1) is 15.2. The van der Waals surface area contributed by atoms with Crippen LogP contribution >= 0.6 is 23.2 Å². The maximum Gasteiger partial charge on any atom is 0.337 e. The maximum absolute atomic E-state index is 11.9. The highest BCUT2D eigenvalue weighted by atomic mass is 35.5. The predicted octanol–water partition coefficient (Wildman–Crippen LogP) is 4.34. The molecule has 0 unspecified atom stereocenters. The summed E-state index contributed by atoms with van der Waals surface area (Å²) in [7, 11) is 0. The Morgan fingerprint density at radius 1 is 0.952 bits per heavy atom. The van der Waals surface area contributed by atoms with E-state index in [2.05, 4.69) is 10.6 Å². The van der Waals surface area contributed by atoms with Gasteiger partial charge in [0.05, 0.1) is 11.3 Å². The van der Waals surface area contributed by atoms with Crippen molar-refractivity contribution in [3.63, 3.8) is 0 Å². The summed E-state index contributed by atoms with van der Waals surface area (Å²) >= 11 is 11.7. The number of anilines is 2. The Hall–Kier alpha value is -2.24. The predicted molar refractivity (Wildman–Crippen MR) is 82.5 cm³/mol. The van der Waals surface area contributed by atoms with E-state index in [1.54, 1.807) is 12.1 Å². The molecule has 0 radical (unpaired) electrons. The van der Waals surface area contributed by atoms with Gasteiger partial charge in [0.15, 0.2) is 0 Å². The molecular weight excluding hydrogens is 315 g/mol. The fraction of sp³-hybridized carbons (Fsp3) is 0. The number of carbonyl (C=O) groups is 2. The first-order valence-electron chi connectivity index (χ1n) is 5.82. The minimum atomic E-state index is -1.13. The number of para-hydroxylation sites is 1. The number of benzene rings is 2. The summed E-state index contributed by atoms with van der Waals surface area (Å²) in [5.74, 6) is -1.13. The molecule has 0 fully saturated rings. The van der Waals surface area contributed by atoms with Crippen molar-refractivity contribution in [2.45, 2.75) is 0 Å². The minimum absolute atomic E-state index is 0.00298. The lowest BCUT2D eigenvalue weighted by atomic mass is 10.2. The second kappa shape index (κ2) is 6.47. The standard InChI is InChI=1S/C14H10Cl2N2O3/c15-8-5-9(16)7-10(6-8)17-14(21)18-12-4-2-1-3-11(12)13(19)20/h1-7H,(H,19,20)(H2,17,18,21). The number of amides is 2. The van der Waals surface area contributed by atoms with Gasteiger partial charge in [-0.25, -0.2) is 9.59 Å². The van der Waals surface area contributed by atoms with Gasteiger partial charge < -0.3 is 15.7 Å². The molecule has 7 heteroatoms. The second-order valence-corrected chi connectivity index (χ2v) is 4.96. The van der Waals surface area contributed by atoms with Gasteiger partial charge in [-0.05, 0) is 30.3 Å². The van der Waals surface area contributed by atoms with Crippen LogP contribution in [0.3, 0.4) is 0 Å². The quantitative estimate of drug-likeness (QED) is 0.785. The van der Waals surface area contributed by atoms with E-state index >= 15 is 0 Å². The average molecular weight is 325 g/mol. The van der Waals surface area contributed by atoms with Crippen molar-refractivity contribution in [3.05, 3.63) is 58.1 Å². The number of nitrogens with one attached hydrogen (secondary N) is 2. The van der Waals surface area contributed by atoms with Crippen LogP contribution in [0.1, 0.15) is 10.4 Å². The summed E-state index contributed by atoms with van der Waals surface area (Å²) in [6, 6.07) is 10.1. The first-order chi connectivity index (χ1) is 9.95. The highest BCUT2D eigenvalue weighted by molar-refractivity contribution is 6.35. The molecule has 0 aromatic heterocycles. The molecule has 5 nitrogen and oxygen atoms in total. The van der Waals surface area contributed by atoms with Crippen LogP contribution in [0, 0.1) is 0 Å². The molecule has 0 aliphatic heterocycles. The number of hydrogen-bond donors (Lipinski definition) is 3. The molecule has 3 N–H and O–H groups in total. The van der Waals surface area contributed by atoms with Crippen LogP contribution in [0.2, 0.25) is 10.0 Å². The first-order valence-corrected chi connectivity index (χ1v) is 6.58. The smallest absolute Gasteiger partial charge is 0.337 e. The summed E-state index contributed by atoms with van der Waals surface area (Å²) in [5.41, 5.74) is 0.588. The largest absolute Gasteiger partial charge is 0.478 e. The van der Waals surface area contributed by atoms with Gasteiger partial charge in [-0.1, -0.05) is 35.3 Å². The van der Waals surface area contributed by atoms with E-state index in [0.717, 1.165) is 0 Å². The third-order valence-corrected chi connectivity index (χ3v) is 2.96. The lowest BCUT2D eigenvalue weighted by molar-refractivity contribution is 0.0698. The summed E-state index contributed by atoms with van der Waals surface area (Å²) in [6.45, 7) is 0. The Balaban J connectivity index is 2.14. The highest BCUT2D eigenvalue weighted by Crippen LogP contribution is 2.23. The van der Waals surface area contributed by atoms with E-state index < -0.39 is 12.0 Å². The number of halogens is 2. The molecule has 2 aromatic rings. The fourth-order valence-corrected chi connectivity index (χ4v) is 2.22. The van der Waals surface area contributed by atoms with E-state index in [0.29, 0.717) is 15.7 Å². The molecule has 2 aromatic carbocycles. The van der Waals surface area contributed by atoms with Gasteiger partial charge in [-0.2, -0.15) is 0 Å². The van der Waals surface area contributed by atoms with Gasteiger partial charge in [0.1, 0.15) is 0 Å². The zero-order valence-corrected chi connectivity index (χ0v) is 12.1. The number of hydrogen-bond acceptors (Lipinski definition) is 2. The molecule has 0 saturated heterocycles. The third kappa shape index (κ3) is 4.11. The molecule has 0 bridgehead atoms. The highest BCUT2D eigenvalue weighted by Gasteiger charge is 2.11. The maximum atomic E-state index is 11.9. The van der Waals surface area contributed by atoms with E-state index in [9.17, 15) is 9.59 Å². The second-order valence-electron chi connectivity index (χ2n) is 4.09. The SMILES string of the molecule is O=C(Nc1cc(Cl)cc(Cl)c1)Nc1ccccc1C(=O)O. The summed E-state index contributed by atoms with van der Waals surface area (Å²) in [6.07, 6.45) is 0. The molecule has 0 atom stereocenters. The van der Waals surface area contributed by atoms with Crippen LogP contribution in [-0.4, -0.2) is 17.1 Å². The summed E-state index contributed by atoms with van der Waals surface area (Å²) in [5, 5.41) is 14.8. The van der Waals surface area contributed by atoms with Crippen molar-refractivity contribution in [2.24, 2.45) is 0 Å². The Labute approximate surface area is 130 Å². The van der Waals surface area contributed by atoms with Crippen molar-refractivity contribution in [1.82, 2.24) is 0 Å². The minimum Gasteiger partial charge on any atom is -0.478 e. The van der Waals surface area contributed by atoms with E-state index in [1.165, 1.54) is 30.3 Å². The van der Waals surface area contributed by atoms with Gasteiger partial charge in [0.2, 0.25) is 0 Å². The van der Waals surface area contributed by atoms with Crippen molar-refractivity contribution < 1.29 is 14.7 Å². The van der Waals surface area contributed by atoms with E-state index in [-0.39, 0.29) is 11.3 Å². The fourth-order valence-electron chi connectivity index (χ4n) is 1.69. The van der Waals surface area contributed by atoms with Gasteiger partial charge in [0.25, 0.3) is 0 Å². The number of aromatic carboxylic acids is 1. The molecule has 0 saturated carbocycles. The lowest BCUT2D eigenvalue weighted by Crippen LogP contribution is -2.21. The van der Waals surface area contributed by atoms with Crippen LogP contribution in [0.5, 0.6) is 0 Å². The Morgan fingerprint density at radius 2 is 1.57 bits per heavy atom. The van der Waals surface area contributed by atoms with Crippen molar-refractivity contribution in [1.29, 1.82) is 0 Å². The van der Waals surface area contributed by atoms with Gasteiger partial charge >= 0.3 is 12.0 Å². The van der Waals surface area contributed by atoms with Crippen molar-refractivity contribution in [2.75, 3.05) is 10.6 Å². The Morgan fingerprint density at radius 3 is 2.19 bits per heavy atom. The number of carbonyl (C=O) groups excluding carboxylic acids is 1. The normalized spacial score (nSPS) is 10.0. The van der Waals surface area contributed by atoms with Crippen LogP contribution in [-0.2, 0) is 0 Å². The Kier molecular flexibility index (Phi) is 4.67. The van der Waals surface area contributed by atoms with E-state index in [4.69, 9.17) is 28.3 Å². The number of carboxylic acids is 1. The molecule has 0 heterocycles. The summed E-state index contributed by atoms with van der Waals surface area (Å²) < 4.78 is 0. The Bertz CT molecular complexity index is 684. The van der Waals surface area contributed by atoms with Crippen LogP contribution in [0.15, 0.2) is 42.5 Å². The molecule has 21 heavy (non-hydrogen) atoms. The number of urea groups is 1. The van der Waals surface area contributed by atoms with Crippen molar-refractivity contribution in [3.8, 4) is 0 Å². The van der Waals surface area contributed by atoms with E-state index in [1.807, 2.05) is 0 Å². The topological polar surface area (TPSA) is 78.4 Å². The van der Waals surface area contributed by atoms with Gasteiger partial charge in [-0.15, -0.1) is 0 Å². The molecule has 2 amide bonds. The molecule has 0 aliphatic rings. The van der Waals surface area contributed by atoms with Crippen LogP contribution < -0.4 is 10.6 Å². The number of carboxylic acid groups (broad SMARTS) is 1. The van der Waals surface area contributed by atoms with Crippen LogP contribution in [0.25, 0.3) is 0 Å². The zero-order valence-electron chi connectivity index (χ0n) is 10.6.